The zero-order chi connectivity index (χ0) is 33.5. The molecule has 3 heterocycles. The van der Waals surface area contributed by atoms with Crippen LogP contribution in [0.15, 0.2) is 53.4 Å². The Morgan fingerprint density at radius 2 is 1.72 bits per heavy atom. The van der Waals surface area contributed by atoms with Gasteiger partial charge < -0.3 is 14.4 Å². The lowest BCUT2D eigenvalue weighted by molar-refractivity contribution is -0.145. The zero-order valence-electron chi connectivity index (χ0n) is 28.5. The van der Waals surface area contributed by atoms with Crippen LogP contribution in [-0.4, -0.2) is 62.1 Å². The lowest BCUT2D eigenvalue weighted by Crippen LogP contribution is -2.52. The fourth-order valence-corrected chi connectivity index (χ4v) is 9.28. The molecule has 3 atom stereocenters. The Balaban J connectivity index is 1.34. The Labute approximate surface area is 279 Å². The maximum absolute atomic E-state index is 13.8. The number of carbonyl (C=O) groups is 1. The van der Waals surface area contributed by atoms with E-state index in [1.54, 1.807) is 13.2 Å². The maximum Gasteiger partial charge on any atom is 0.264 e. The lowest BCUT2D eigenvalue weighted by atomic mass is 9.52. The summed E-state index contributed by atoms with van der Waals surface area (Å²) in [4.78, 5) is 24.1. The molecular formula is C37H48N4O5S. The first-order valence-corrected chi connectivity index (χ1v) is 18.4. The molecule has 2 fully saturated rings. The standard InChI is InChI=1S/C37H48N4O5S/c1-23(2)17-28-22-46-32-19-31(33-24(3)9-7-10-25(33)4)38-36(39-32)40-47(43,44)30-12-8-11-27(18-30)34(28)29-20-37(21-29)13-15-41(16-14-37)35(42)26(5)45-6/h7-12,18-19,23,26,28-29,34H,13-17,20-22H2,1-6H3,(H,38,39,40)/t26-,28+,34?/m0/s1. The van der Waals surface area contributed by atoms with Gasteiger partial charge in [0.1, 0.15) is 6.10 Å². The van der Waals surface area contributed by atoms with Gasteiger partial charge in [0.15, 0.2) is 0 Å². The molecule has 6 rings (SSSR count). The molecular weight excluding hydrogens is 612 g/mol. The van der Waals surface area contributed by atoms with Crippen LogP contribution in [0.4, 0.5) is 5.95 Å². The topological polar surface area (TPSA) is 111 Å². The average molecular weight is 661 g/mol. The molecule has 3 aliphatic rings. The molecule has 1 aliphatic carbocycles. The van der Waals surface area contributed by atoms with Crippen molar-refractivity contribution in [1.82, 2.24) is 14.9 Å². The molecule has 1 amide bonds. The van der Waals surface area contributed by atoms with Crippen molar-refractivity contribution >= 4 is 21.9 Å². The van der Waals surface area contributed by atoms with E-state index in [1.807, 2.05) is 62.1 Å². The molecule has 9 nitrogen and oxygen atoms in total. The summed E-state index contributed by atoms with van der Waals surface area (Å²) in [6, 6.07) is 15.3. The first-order chi connectivity index (χ1) is 22.4. The molecule has 1 spiro atoms. The predicted octanol–water partition coefficient (Wildman–Crippen LogP) is 6.75. The van der Waals surface area contributed by atoms with Gasteiger partial charge in [0.25, 0.3) is 15.9 Å². The van der Waals surface area contributed by atoms with Crippen LogP contribution in [0.5, 0.6) is 5.88 Å². The zero-order valence-corrected chi connectivity index (χ0v) is 29.3. The minimum Gasteiger partial charge on any atom is -0.477 e. The number of benzene rings is 2. The number of rotatable bonds is 6. The quantitative estimate of drug-likeness (QED) is 0.311. The van der Waals surface area contributed by atoms with E-state index in [0.29, 0.717) is 30.0 Å². The van der Waals surface area contributed by atoms with Crippen molar-refractivity contribution in [2.75, 3.05) is 31.5 Å². The summed E-state index contributed by atoms with van der Waals surface area (Å²) in [5, 5.41) is 0. The molecule has 1 saturated heterocycles. The molecule has 47 heavy (non-hydrogen) atoms. The van der Waals surface area contributed by atoms with Gasteiger partial charge in [-0.2, -0.15) is 4.98 Å². The van der Waals surface area contributed by atoms with E-state index < -0.39 is 16.1 Å². The molecule has 1 unspecified atom stereocenters. The number of likely N-dealkylation sites (tertiary alicyclic amines) is 1. The van der Waals surface area contributed by atoms with Crippen molar-refractivity contribution in [1.29, 1.82) is 0 Å². The second-order valence-electron chi connectivity index (χ2n) is 14.5. The van der Waals surface area contributed by atoms with Crippen molar-refractivity contribution in [3.63, 3.8) is 0 Å². The van der Waals surface area contributed by atoms with Crippen LogP contribution in [0.1, 0.15) is 75.5 Å². The number of carbonyl (C=O) groups excluding carboxylic acids is 1. The van der Waals surface area contributed by atoms with Crippen LogP contribution < -0.4 is 9.46 Å². The molecule has 1 saturated carbocycles. The Hall–Kier alpha value is -3.50. The Bertz CT molecular complexity index is 1710. The van der Waals surface area contributed by atoms with Gasteiger partial charge in [-0.15, -0.1) is 0 Å². The fraction of sp³-hybridized carbons (Fsp3) is 0.541. The van der Waals surface area contributed by atoms with Crippen LogP contribution in [0.2, 0.25) is 0 Å². The van der Waals surface area contributed by atoms with Gasteiger partial charge in [0.2, 0.25) is 11.8 Å². The summed E-state index contributed by atoms with van der Waals surface area (Å²) in [5.74, 6) is 1.48. The largest absolute Gasteiger partial charge is 0.477 e. The van der Waals surface area contributed by atoms with Gasteiger partial charge in [0, 0.05) is 37.7 Å². The van der Waals surface area contributed by atoms with Crippen LogP contribution in [0, 0.1) is 37.0 Å². The number of ether oxygens (including phenoxy) is 2. The third-order valence-corrected chi connectivity index (χ3v) is 12.0. The molecule has 3 aromatic rings. The van der Waals surface area contributed by atoms with Crippen molar-refractivity contribution < 1.29 is 22.7 Å². The van der Waals surface area contributed by atoms with Gasteiger partial charge in [0.05, 0.1) is 17.2 Å². The molecule has 2 aliphatic heterocycles. The highest BCUT2D eigenvalue weighted by atomic mass is 32.2. The molecule has 4 bridgehead atoms. The monoisotopic (exact) mass is 660 g/mol. The summed E-state index contributed by atoms with van der Waals surface area (Å²) in [5.41, 5.74) is 4.88. The van der Waals surface area contributed by atoms with E-state index in [4.69, 9.17) is 9.47 Å². The van der Waals surface area contributed by atoms with Crippen molar-refractivity contribution in [2.24, 2.45) is 23.2 Å². The number of fused-ring (bicyclic) bond motifs is 4. The lowest BCUT2D eigenvalue weighted by Gasteiger charge is -2.55. The number of aryl methyl sites for hydroxylation is 2. The number of hydrogen-bond acceptors (Lipinski definition) is 7. The van der Waals surface area contributed by atoms with E-state index in [1.165, 1.54) is 0 Å². The second kappa shape index (κ2) is 13.2. The molecule has 10 heteroatoms. The highest BCUT2D eigenvalue weighted by Crippen LogP contribution is 2.59. The van der Waals surface area contributed by atoms with E-state index >= 15 is 0 Å². The molecule has 1 N–H and O–H groups in total. The SMILES string of the molecule is CO[C@@H](C)C(=O)N1CCC2(CC1)CC(C1c3cccc(c3)S(=O)(=O)Nc3nc(cc(-c4c(C)cccc4C)n3)OC[C@H]1CC(C)C)C2. The number of nitrogens with one attached hydrogen (secondary N) is 1. The number of sulfonamides is 1. The summed E-state index contributed by atoms with van der Waals surface area (Å²) in [6.07, 6.45) is 4.57. The number of hydrogen-bond donors (Lipinski definition) is 1. The fourth-order valence-electron chi connectivity index (χ4n) is 8.28. The highest BCUT2D eigenvalue weighted by Gasteiger charge is 2.50. The molecule has 0 radical (unpaired) electrons. The molecule has 1 aromatic heterocycles. The third-order valence-electron chi connectivity index (χ3n) is 10.7. The first kappa shape index (κ1) is 33.4. The van der Waals surface area contributed by atoms with Crippen LogP contribution in [0.3, 0.4) is 0 Å². The van der Waals surface area contributed by atoms with E-state index in [0.717, 1.165) is 67.4 Å². The molecule has 252 valence electrons. The maximum atomic E-state index is 13.8. The van der Waals surface area contributed by atoms with Crippen LogP contribution >= 0.6 is 0 Å². The normalized spacial score (nSPS) is 22.7. The number of methoxy groups -OCH3 is 1. The highest BCUT2D eigenvalue weighted by molar-refractivity contribution is 7.92. The van der Waals surface area contributed by atoms with E-state index in [-0.39, 0.29) is 34.0 Å². The second-order valence-corrected chi connectivity index (χ2v) is 16.1. The number of amides is 1. The van der Waals surface area contributed by atoms with Gasteiger partial charge in [-0.25, -0.2) is 18.1 Å². The van der Waals surface area contributed by atoms with E-state index in [9.17, 15) is 13.2 Å². The minimum absolute atomic E-state index is 0.00580. The number of anilines is 1. The van der Waals surface area contributed by atoms with Crippen LogP contribution in [-0.2, 0) is 19.6 Å². The molecule has 2 aromatic carbocycles. The van der Waals surface area contributed by atoms with Gasteiger partial charge in [-0.05, 0) is 105 Å². The van der Waals surface area contributed by atoms with Gasteiger partial charge in [-0.1, -0.05) is 44.2 Å². The summed E-state index contributed by atoms with van der Waals surface area (Å²) in [6.45, 7) is 12.3. The number of piperidine rings is 1. The Morgan fingerprint density at radius 3 is 2.38 bits per heavy atom. The average Bonchev–Trinajstić information content (AvgIpc) is 3.01. The van der Waals surface area contributed by atoms with E-state index in [2.05, 4.69) is 34.6 Å². The van der Waals surface area contributed by atoms with Crippen molar-refractivity contribution in [3.8, 4) is 17.1 Å². The number of nitrogens with zero attached hydrogens (tertiary/aromatic N) is 3. The number of aromatic nitrogens is 2. The third kappa shape index (κ3) is 6.90. The first-order valence-electron chi connectivity index (χ1n) is 16.9. The Kier molecular flexibility index (Phi) is 9.37. The minimum atomic E-state index is -3.97. The van der Waals surface area contributed by atoms with Gasteiger partial charge >= 0.3 is 0 Å². The summed E-state index contributed by atoms with van der Waals surface area (Å²) >= 11 is 0. The van der Waals surface area contributed by atoms with Crippen LogP contribution in [0.25, 0.3) is 11.3 Å². The van der Waals surface area contributed by atoms with Gasteiger partial charge in [-0.3, -0.25) is 4.79 Å². The summed E-state index contributed by atoms with van der Waals surface area (Å²) < 4.78 is 42.1. The Morgan fingerprint density at radius 1 is 1.04 bits per heavy atom. The smallest absolute Gasteiger partial charge is 0.264 e. The van der Waals surface area contributed by atoms with Crippen molar-refractivity contribution in [3.05, 3.63) is 65.2 Å². The van der Waals surface area contributed by atoms with Crippen molar-refractivity contribution in [2.45, 2.75) is 83.6 Å². The summed E-state index contributed by atoms with van der Waals surface area (Å²) in [7, 11) is -2.40. The predicted molar refractivity (Wildman–Crippen MR) is 183 cm³/mol.